The monoisotopic (exact) mass is 404 g/mol. The molecule has 0 saturated carbocycles. The van der Waals surface area contributed by atoms with E-state index in [1.54, 1.807) is 36.7 Å². The van der Waals surface area contributed by atoms with Gasteiger partial charge >= 0.3 is 0 Å². The predicted molar refractivity (Wildman–Crippen MR) is 111 cm³/mol. The van der Waals surface area contributed by atoms with Crippen LogP contribution in [0.25, 0.3) is 11.4 Å². The van der Waals surface area contributed by atoms with Gasteiger partial charge in [-0.2, -0.15) is 9.78 Å². The van der Waals surface area contributed by atoms with Crippen molar-refractivity contribution in [3.63, 3.8) is 0 Å². The molecular formula is C20H16N6O2S. The van der Waals surface area contributed by atoms with Crippen molar-refractivity contribution in [2.24, 2.45) is 0 Å². The molecule has 0 radical (unpaired) electrons. The first-order valence-electron chi connectivity index (χ1n) is 8.67. The Hall–Kier alpha value is -3.72. The van der Waals surface area contributed by atoms with E-state index in [0.29, 0.717) is 11.4 Å². The predicted octanol–water partition coefficient (Wildman–Crippen LogP) is 2.79. The Labute approximate surface area is 170 Å². The lowest BCUT2D eigenvalue weighted by Gasteiger charge is -2.10. The van der Waals surface area contributed by atoms with E-state index in [2.05, 4.69) is 20.6 Å². The fourth-order valence-corrected chi connectivity index (χ4v) is 3.23. The highest BCUT2D eigenvalue weighted by atomic mass is 32.2. The number of thioether (sulfide) groups is 1. The summed E-state index contributed by atoms with van der Waals surface area (Å²) in [5.74, 6) is -0.416. The first-order chi connectivity index (χ1) is 14.2. The van der Waals surface area contributed by atoms with Gasteiger partial charge in [-0.3, -0.25) is 14.2 Å². The Balaban J connectivity index is 1.61. The molecule has 144 valence electrons. The van der Waals surface area contributed by atoms with Crippen LogP contribution in [0.1, 0.15) is 10.5 Å². The van der Waals surface area contributed by atoms with Gasteiger partial charge in [0.25, 0.3) is 11.5 Å². The minimum absolute atomic E-state index is 0.132. The van der Waals surface area contributed by atoms with Crippen LogP contribution in [0, 0.1) is 0 Å². The number of para-hydroxylation sites is 1. The highest BCUT2D eigenvalue weighted by molar-refractivity contribution is 7.98. The average Bonchev–Trinajstić information content (AvgIpc) is 3.24. The number of hydrogen-bond acceptors (Lipinski definition) is 6. The zero-order valence-electron chi connectivity index (χ0n) is 15.4. The smallest absolute Gasteiger partial charge is 0.276 e. The van der Waals surface area contributed by atoms with Gasteiger partial charge in [-0.05, 0) is 42.7 Å². The summed E-state index contributed by atoms with van der Waals surface area (Å²) in [5, 5.41) is 15.7. The summed E-state index contributed by atoms with van der Waals surface area (Å²) >= 11 is 1.47. The van der Waals surface area contributed by atoms with E-state index in [1.807, 2.05) is 35.1 Å². The quantitative estimate of drug-likeness (QED) is 0.514. The molecule has 29 heavy (non-hydrogen) atoms. The lowest BCUT2D eigenvalue weighted by molar-refractivity contribution is 0.102. The lowest BCUT2D eigenvalue weighted by atomic mass is 10.2. The van der Waals surface area contributed by atoms with Crippen LogP contribution in [-0.2, 0) is 0 Å². The zero-order chi connectivity index (χ0) is 20.2. The number of nitrogens with zero attached hydrogens (tertiary/aromatic N) is 5. The van der Waals surface area contributed by atoms with Gasteiger partial charge in [0.1, 0.15) is 12.0 Å². The standard InChI is InChI=1S/C20H16N6O2S/c1-29-20-23-21-13-25(20)16-9-5-6-14(12-16)22-19(28)17-10-11-18(27)26(24-17)15-7-3-2-4-8-15/h2-13H,1H3,(H,22,28). The van der Waals surface area contributed by atoms with Crippen LogP contribution < -0.4 is 10.9 Å². The van der Waals surface area contributed by atoms with Crippen LogP contribution in [0.4, 0.5) is 5.69 Å². The summed E-state index contributed by atoms with van der Waals surface area (Å²) in [6.45, 7) is 0. The van der Waals surface area contributed by atoms with Gasteiger partial charge < -0.3 is 5.32 Å². The maximum absolute atomic E-state index is 12.7. The van der Waals surface area contributed by atoms with Crippen molar-refractivity contribution in [1.82, 2.24) is 24.5 Å². The number of hydrogen-bond donors (Lipinski definition) is 1. The van der Waals surface area contributed by atoms with Gasteiger partial charge in [0.15, 0.2) is 5.16 Å². The molecule has 0 aliphatic carbocycles. The second kappa shape index (κ2) is 8.11. The van der Waals surface area contributed by atoms with Gasteiger partial charge in [-0.25, -0.2) is 0 Å². The average molecular weight is 404 g/mol. The van der Waals surface area contributed by atoms with Crippen LogP contribution in [0.3, 0.4) is 0 Å². The largest absolute Gasteiger partial charge is 0.321 e. The van der Waals surface area contributed by atoms with E-state index in [4.69, 9.17) is 0 Å². The zero-order valence-corrected chi connectivity index (χ0v) is 16.2. The number of rotatable bonds is 5. The summed E-state index contributed by atoms with van der Waals surface area (Å²) in [5.41, 5.74) is 1.82. The number of amides is 1. The van der Waals surface area contributed by atoms with Gasteiger partial charge in [0, 0.05) is 11.8 Å². The number of aromatic nitrogens is 5. The molecule has 0 unspecified atom stereocenters. The second-order valence-corrected chi connectivity index (χ2v) is 6.77. The number of nitrogens with one attached hydrogen (secondary N) is 1. The van der Waals surface area contributed by atoms with Crippen LogP contribution in [-0.4, -0.2) is 36.7 Å². The summed E-state index contributed by atoms with van der Waals surface area (Å²) < 4.78 is 3.03. The third-order valence-electron chi connectivity index (χ3n) is 4.11. The summed E-state index contributed by atoms with van der Waals surface area (Å²) in [7, 11) is 0. The summed E-state index contributed by atoms with van der Waals surface area (Å²) in [4.78, 5) is 24.8. The normalized spacial score (nSPS) is 10.7. The molecule has 0 fully saturated rings. The van der Waals surface area contributed by atoms with Crippen LogP contribution >= 0.6 is 11.8 Å². The van der Waals surface area contributed by atoms with Crippen LogP contribution in [0.15, 0.2) is 83.0 Å². The Bertz CT molecular complexity index is 1220. The molecule has 1 N–H and O–H groups in total. The fraction of sp³-hybridized carbons (Fsp3) is 0.0500. The molecule has 4 aromatic rings. The van der Waals surface area contributed by atoms with E-state index in [9.17, 15) is 9.59 Å². The number of anilines is 1. The Kier molecular flexibility index (Phi) is 5.21. The topological polar surface area (TPSA) is 94.7 Å². The molecule has 1 amide bonds. The van der Waals surface area contributed by atoms with E-state index in [-0.39, 0.29) is 11.3 Å². The summed E-state index contributed by atoms with van der Waals surface area (Å²) in [6, 6.07) is 19.0. The molecule has 0 atom stereocenters. The van der Waals surface area contributed by atoms with Crippen molar-refractivity contribution in [1.29, 1.82) is 0 Å². The first kappa shape index (κ1) is 18.6. The highest BCUT2D eigenvalue weighted by Gasteiger charge is 2.12. The van der Waals surface area contributed by atoms with E-state index >= 15 is 0 Å². The molecule has 8 nitrogen and oxygen atoms in total. The third kappa shape index (κ3) is 3.94. The molecule has 4 rings (SSSR count). The van der Waals surface area contributed by atoms with Crippen molar-refractivity contribution in [2.45, 2.75) is 5.16 Å². The molecule has 0 aliphatic heterocycles. The molecule has 0 bridgehead atoms. The molecule has 0 saturated heterocycles. The van der Waals surface area contributed by atoms with Gasteiger partial charge in [0.2, 0.25) is 0 Å². The molecular weight excluding hydrogens is 388 g/mol. The molecule has 9 heteroatoms. The van der Waals surface area contributed by atoms with E-state index < -0.39 is 5.91 Å². The van der Waals surface area contributed by atoms with E-state index in [0.717, 1.165) is 10.8 Å². The minimum atomic E-state index is -0.416. The van der Waals surface area contributed by atoms with E-state index in [1.165, 1.54) is 28.6 Å². The van der Waals surface area contributed by atoms with Crippen molar-refractivity contribution in [2.75, 3.05) is 11.6 Å². The lowest BCUT2D eigenvalue weighted by Crippen LogP contribution is -2.24. The number of carbonyl (C=O) groups excluding carboxylic acids is 1. The minimum Gasteiger partial charge on any atom is -0.321 e. The second-order valence-electron chi connectivity index (χ2n) is 6.00. The molecule has 0 spiro atoms. The van der Waals surface area contributed by atoms with Gasteiger partial charge in [-0.1, -0.05) is 36.0 Å². The van der Waals surface area contributed by atoms with Gasteiger partial charge in [-0.15, -0.1) is 10.2 Å². The maximum Gasteiger partial charge on any atom is 0.276 e. The molecule has 2 aromatic carbocycles. The number of benzene rings is 2. The highest BCUT2D eigenvalue weighted by Crippen LogP contribution is 2.20. The van der Waals surface area contributed by atoms with Crippen molar-refractivity contribution in [3.8, 4) is 11.4 Å². The fourth-order valence-electron chi connectivity index (χ4n) is 2.76. The Morgan fingerprint density at radius 2 is 1.79 bits per heavy atom. The first-order valence-corrected chi connectivity index (χ1v) is 9.90. The Morgan fingerprint density at radius 3 is 2.59 bits per heavy atom. The van der Waals surface area contributed by atoms with Gasteiger partial charge in [0.05, 0.1) is 11.4 Å². The Morgan fingerprint density at radius 1 is 1.00 bits per heavy atom. The molecule has 0 aliphatic rings. The van der Waals surface area contributed by atoms with Crippen LogP contribution in [0.2, 0.25) is 0 Å². The number of carbonyl (C=O) groups is 1. The van der Waals surface area contributed by atoms with Crippen molar-refractivity contribution in [3.05, 3.63) is 89.1 Å². The maximum atomic E-state index is 12.7. The summed E-state index contributed by atoms with van der Waals surface area (Å²) in [6.07, 6.45) is 3.53. The molecule has 2 heterocycles. The van der Waals surface area contributed by atoms with Crippen molar-refractivity contribution < 1.29 is 4.79 Å². The SMILES string of the molecule is CSc1nncn1-c1cccc(NC(=O)c2ccc(=O)n(-c3ccccc3)n2)c1. The third-order valence-corrected chi connectivity index (χ3v) is 4.76. The van der Waals surface area contributed by atoms with Crippen molar-refractivity contribution >= 4 is 23.4 Å². The molecule has 2 aromatic heterocycles. The van der Waals surface area contributed by atoms with Crippen LogP contribution in [0.5, 0.6) is 0 Å².